The molecule has 2 rings (SSSR count). The molecule has 0 bridgehead atoms. The van der Waals surface area contributed by atoms with E-state index in [0.717, 1.165) is 16.9 Å². The quantitative estimate of drug-likeness (QED) is 0.885. The topological polar surface area (TPSA) is 56.1 Å². The summed E-state index contributed by atoms with van der Waals surface area (Å²) in [6, 6.07) is 5.97. The van der Waals surface area contributed by atoms with Crippen LogP contribution in [0.1, 0.15) is 18.1 Å². The molecule has 0 saturated carbocycles. The van der Waals surface area contributed by atoms with Crippen LogP contribution in [0.25, 0.3) is 0 Å². The number of carbonyl (C=O) groups excluding carboxylic acids is 1. The summed E-state index contributed by atoms with van der Waals surface area (Å²) in [6.45, 7) is 6.98. The van der Waals surface area contributed by atoms with Gasteiger partial charge in [0.1, 0.15) is 5.75 Å². The normalized spacial score (nSPS) is 12.0. The summed E-state index contributed by atoms with van der Waals surface area (Å²) in [7, 11) is 0. The van der Waals surface area contributed by atoms with Crippen molar-refractivity contribution in [3.8, 4) is 5.75 Å². The van der Waals surface area contributed by atoms with Crippen LogP contribution in [0.3, 0.4) is 0 Å². The zero-order valence-corrected chi connectivity index (χ0v) is 12.7. The molecule has 1 heterocycles. The summed E-state index contributed by atoms with van der Waals surface area (Å²) in [6.07, 6.45) is 4.78. The third-order valence-corrected chi connectivity index (χ3v) is 3.25. The number of hydrogen-bond acceptors (Lipinski definition) is 3. The maximum Gasteiger partial charge on any atom is 0.260 e. The highest BCUT2D eigenvalue weighted by Crippen LogP contribution is 2.20. The second kappa shape index (κ2) is 6.92. The minimum atomic E-state index is -0.520. The van der Waals surface area contributed by atoms with E-state index < -0.39 is 6.10 Å². The first kappa shape index (κ1) is 15.1. The van der Waals surface area contributed by atoms with Crippen LogP contribution in [-0.2, 0) is 11.3 Å². The van der Waals surface area contributed by atoms with Crippen molar-refractivity contribution >= 4 is 5.91 Å². The predicted molar refractivity (Wildman–Crippen MR) is 81.2 cm³/mol. The summed E-state index contributed by atoms with van der Waals surface area (Å²) in [4.78, 5) is 16.0. The van der Waals surface area contributed by atoms with E-state index in [2.05, 4.69) is 10.3 Å². The Kier molecular flexibility index (Phi) is 4.98. The van der Waals surface area contributed by atoms with Gasteiger partial charge < -0.3 is 14.6 Å². The van der Waals surface area contributed by atoms with Crippen LogP contribution >= 0.6 is 0 Å². The molecule has 0 radical (unpaired) electrons. The smallest absolute Gasteiger partial charge is 0.260 e. The van der Waals surface area contributed by atoms with Crippen LogP contribution in [0, 0.1) is 13.8 Å². The molecule has 5 heteroatoms. The zero-order chi connectivity index (χ0) is 15.2. The van der Waals surface area contributed by atoms with Crippen LogP contribution in [0.15, 0.2) is 36.9 Å². The van der Waals surface area contributed by atoms with Gasteiger partial charge in [0.05, 0.1) is 6.33 Å². The minimum absolute atomic E-state index is 0.115. The molecule has 0 saturated heterocycles. The van der Waals surface area contributed by atoms with Crippen molar-refractivity contribution in [1.82, 2.24) is 14.9 Å². The lowest BCUT2D eigenvalue weighted by Gasteiger charge is -2.16. The summed E-state index contributed by atoms with van der Waals surface area (Å²) in [5.74, 6) is 0.642. The summed E-state index contributed by atoms with van der Waals surface area (Å²) in [5, 5.41) is 2.86. The number of aromatic nitrogens is 2. The lowest BCUT2D eigenvalue weighted by molar-refractivity contribution is -0.127. The van der Waals surface area contributed by atoms with Gasteiger partial charge in [-0.15, -0.1) is 0 Å². The molecule has 1 aromatic heterocycles. The average molecular weight is 287 g/mol. The summed E-state index contributed by atoms with van der Waals surface area (Å²) in [5.41, 5.74) is 2.14. The van der Waals surface area contributed by atoms with Gasteiger partial charge in [0.15, 0.2) is 6.10 Å². The number of nitrogens with one attached hydrogen (secondary N) is 1. The van der Waals surface area contributed by atoms with E-state index in [1.807, 2.05) is 42.8 Å². The van der Waals surface area contributed by atoms with E-state index in [0.29, 0.717) is 13.1 Å². The van der Waals surface area contributed by atoms with Crippen LogP contribution < -0.4 is 10.1 Å². The van der Waals surface area contributed by atoms with Crippen LogP contribution in [0.5, 0.6) is 5.75 Å². The second-order valence-electron chi connectivity index (χ2n) is 5.12. The Bertz CT molecular complexity index is 594. The molecule has 0 unspecified atom stereocenters. The fraction of sp³-hybridized carbons (Fsp3) is 0.375. The Labute approximate surface area is 125 Å². The predicted octanol–water partition coefficient (Wildman–Crippen LogP) is 2.08. The molecular formula is C16H21N3O2. The van der Waals surface area contributed by atoms with Crippen molar-refractivity contribution in [1.29, 1.82) is 0 Å². The van der Waals surface area contributed by atoms with Crippen LogP contribution in [-0.4, -0.2) is 28.1 Å². The molecule has 5 nitrogen and oxygen atoms in total. The fourth-order valence-electron chi connectivity index (χ4n) is 1.95. The number of hydrogen-bond donors (Lipinski definition) is 1. The zero-order valence-electron chi connectivity index (χ0n) is 12.7. The Balaban J connectivity index is 1.83. The highest BCUT2D eigenvalue weighted by atomic mass is 16.5. The van der Waals surface area contributed by atoms with Gasteiger partial charge >= 0.3 is 0 Å². The van der Waals surface area contributed by atoms with E-state index in [4.69, 9.17) is 4.74 Å². The second-order valence-corrected chi connectivity index (χ2v) is 5.12. The maximum atomic E-state index is 12.0. The molecule has 1 aromatic carbocycles. The fourth-order valence-corrected chi connectivity index (χ4v) is 1.95. The highest BCUT2D eigenvalue weighted by Gasteiger charge is 2.15. The van der Waals surface area contributed by atoms with E-state index in [9.17, 15) is 4.79 Å². The average Bonchev–Trinajstić information content (AvgIpc) is 2.96. The van der Waals surface area contributed by atoms with Crippen LogP contribution in [0.4, 0.5) is 0 Å². The number of ether oxygens (including phenoxy) is 1. The first-order chi connectivity index (χ1) is 10.1. The Hall–Kier alpha value is -2.30. The molecule has 0 aliphatic carbocycles. The summed E-state index contributed by atoms with van der Waals surface area (Å²) < 4.78 is 7.66. The number of imidazole rings is 1. The van der Waals surface area contributed by atoms with Gasteiger partial charge in [-0.3, -0.25) is 4.79 Å². The third-order valence-electron chi connectivity index (χ3n) is 3.25. The van der Waals surface area contributed by atoms with E-state index in [-0.39, 0.29) is 5.91 Å². The molecule has 1 atom stereocenters. The molecular weight excluding hydrogens is 266 g/mol. The van der Waals surface area contributed by atoms with Crippen molar-refractivity contribution in [2.45, 2.75) is 33.4 Å². The van der Waals surface area contributed by atoms with Gasteiger partial charge in [0.25, 0.3) is 5.91 Å². The van der Waals surface area contributed by atoms with Gasteiger partial charge in [0, 0.05) is 25.5 Å². The lowest BCUT2D eigenvalue weighted by atomic mass is 10.1. The van der Waals surface area contributed by atoms with Crippen molar-refractivity contribution < 1.29 is 9.53 Å². The van der Waals surface area contributed by atoms with Crippen molar-refractivity contribution in [3.63, 3.8) is 0 Å². The number of aryl methyl sites for hydroxylation is 2. The van der Waals surface area contributed by atoms with Gasteiger partial charge in [0.2, 0.25) is 0 Å². The molecule has 0 fully saturated rings. The largest absolute Gasteiger partial charge is 0.481 e. The molecule has 1 N–H and O–H groups in total. The molecule has 2 aromatic rings. The van der Waals surface area contributed by atoms with E-state index >= 15 is 0 Å². The Morgan fingerprint density at radius 2 is 2.24 bits per heavy atom. The highest BCUT2D eigenvalue weighted by molar-refractivity contribution is 5.80. The molecule has 0 aliphatic rings. The van der Waals surface area contributed by atoms with Crippen molar-refractivity contribution in [3.05, 3.63) is 48.0 Å². The standard InChI is InChI=1S/C16H21N3O2/c1-12-4-5-13(2)15(10-12)21-14(3)16(20)18-7-9-19-8-6-17-11-19/h4-6,8,10-11,14H,7,9H2,1-3H3,(H,18,20)/t14-/m0/s1. The molecule has 21 heavy (non-hydrogen) atoms. The number of benzene rings is 1. The summed E-state index contributed by atoms with van der Waals surface area (Å²) >= 11 is 0. The van der Waals surface area contributed by atoms with E-state index in [1.54, 1.807) is 19.4 Å². The lowest BCUT2D eigenvalue weighted by Crippen LogP contribution is -2.38. The van der Waals surface area contributed by atoms with Crippen molar-refractivity contribution in [2.24, 2.45) is 0 Å². The number of carbonyl (C=O) groups is 1. The minimum Gasteiger partial charge on any atom is -0.481 e. The van der Waals surface area contributed by atoms with Gasteiger partial charge in [-0.25, -0.2) is 4.98 Å². The first-order valence-corrected chi connectivity index (χ1v) is 7.03. The Morgan fingerprint density at radius 3 is 2.95 bits per heavy atom. The number of rotatable bonds is 6. The Morgan fingerprint density at radius 1 is 1.43 bits per heavy atom. The molecule has 0 aliphatic heterocycles. The molecule has 1 amide bonds. The maximum absolute atomic E-state index is 12.0. The van der Waals surface area contributed by atoms with E-state index in [1.165, 1.54) is 0 Å². The third kappa shape index (κ3) is 4.34. The van der Waals surface area contributed by atoms with Crippen molar-refractivity contribution in [2.75, 3.05) is 6.54 Å². The first-order valence-electron chi connectivity index (χ1n) is 7.03. The number of amides is 1. The van der Waals surface area contributed by atoms with Gasteiger partial charge in [-0.2, -0.15) is 0 Å². The number of nitrogens with zero attached hydrogens (tertiary/aromatic N) is 2. The monoisotopic (exact) mass is 287 g/mol. The van der Waals surface area contributed by atoms with Gasteiger partial charge in [-0.1, -0.05) is 12.1 Å². The van der Waals surface area contributed by atoms with Gasteiger partial charge in [-0.05, 0) is 38.0 Å². The molecule has 0 spiro atoms. The molecule has 112 valence electrons. The van der Waals surface area contributed by atoms with Crippen LogP contribution in [0.2, 0.25) is 0 Å². The SMILES string of the molecule is Cc1ccc(C)c(O[C@@H](C)C(=O)NCCn2ccnc2)c1.